The molecule has 0 aromatic heterocycles. The maximum Gasteiger partial charge on any atom is 0.303 e. The Morgan fingerprint density at radius 2 is 1.04 bits per heavy atom. The van der Waals surface area contributed by atoms with E-state index in [9.17, 15) is 14.4 Å². The molecule has 0 bridgehead atoms. The van der Waals surface area contributed by atoms with Crippen LogP contribution in [0.2, 0.25) is 0 Å². The van der Waals surface area contributed by atoms with Crippen molar-refractivity contribution in [1.29, 1.82) is 0 Å². The third-order valence-electron chi connectivity index (χ3n) is 1.81. The minimum absolute atomic E-state index is 0.0494. The molecule has 0 aliphatic carbocycles. The van der Waals surface area contributed by atoms with Crippen molar-refractivity contribution in [1.82, 2.24) is 0 Å². The smallest absolute Gasteiger partial charge is 0.303 e. The van der Waals surface area contributed by atoms with Gasteiger partial charge in [0, 0.05) is 30.3 Å². The standard InChI is InChI=1S/3C4H8O2.C3H8OS2/c3*1-2-3-4(5)6;4-1-3(6)2-5/h3*2-3H2,1H3,(H,5,6);3-6H,1-2H2. The van der Waals surface area contributed by atoms with Crippen molar-refractivity contribution in [2.45, 2.75) is 64.5 Å². The molecule has 0 fully saturated rings. The third kappa shape index (κ3) is 58.3. The Hall–Kier alpha value is -0.930. The number of hydrogen-bond acceptors (Lipinski definition) is 6. The van der Waals surface area contributed by atoms with E-state index in [1.165, 1.54) is 0 Å². The molecule has 1 unspecified atom stereocenters. The van der Waals surface area contributed by atoms with Gasteiger partial charge in [-0.3, -0.25) is 14.4 Å². The van der Waals surface area contributed by atoms with Gasteiger partial charge >= 0.3 is 17.9 Å². The lowest BCUT2D eigenvalue weighted by molar-refractivity contribution is -0.138. The average molecular weight is 389 g/mol. The fraction of sp³-hybridized carbons (Fsp3) is 0.800. The molecule has 0 rings (SSSR count). The topological polar surface area (TPSA) is 132 Å². The van der Waals surface area contributed by atoms with Crippen LogP contribution in [0, 0.1) is 0 Å². The normalized spacial score (nSPS) is 9.75. The predicted octanol–water partition coefficient (Wildman–Crippen LogP) is 2.82. The molecule has 0 heterocycles. The number of aliphatic hydroxyl groups excluding tert-OH is 1. The summed E-state index contributed by atoms with van der Waals surface area (Å²) in [6.45, 7) is 5.64. The lowest BCUT2D eigenvalue weighted by Gasteiger charge is -1.96. The second-order valence-electron chi connectivity index (χ2n) is 4.45. The Balaban J connectivity index is -0.000000111. The highest BCUT2D eigenvalue weighted by molar-refractivity contribution is 7.84. The number of aliphatic carboxylic acids is 3. The van der Waals surface area contributed by atoms with Crippen molar-refractivity contribution in [3.05, 3.63) is 0 Å². The number of thiol groups is 2. The van der Waals surface area contributed by atoms with Gasteiger partial charge in [-0.2, -0.15) is 25.3 Å². The van der Waals surface area contributed by atoms with Crippen LogP contribution in [0.15, 0.2) is 0 Å². The summed E-state index contributed by atoms with van der Waals surface area (Å²) in [6, 6.07) is 0. The quantitative estimate of drug-likeness (QED) is 0.352. The van der Waals surface area contributed by atoms with Crippen molar-refractivity contribution in [3.8, 4) is 0 Å². The molecule has 0 aromatic rings. The van der Waals surface area contributed by atoms with Gasteiger partial charge < -0.3 is 20.4 Å². The van der Waals surface area contributed by atoms with Crippen LogP contribution in [0.25, 0.3) is 0 Å². The van der Waals surface area contributed by atoms with E-state index in [4.69, 9.17) is 20.4 Å². The number of hydrogen-bond donors (Lipinski definition) is 6. The van der Waals surface area contributed by atoms with Gasteiger partial charge in [-0.05, 0) is 19.3 Å². The zero-order valence-electron chi connectivity index (χ0n) is 14.6. The third-order valence-corrected chi connectivity index (χ3v) is 2.89. The van der Waals surface area contributed by atoms with Crippen LogP contribution in [0.4, 0.5) is 0 Å². The SMILES string of the molecule is CCCC(=O)O.CCCC(=O)O.CCCC(=O)O.OCC(S)CS. The van der Waals surface area contributed by atoms with Gasteiger partial charge in [-0.15, -0.1) is 0 Å². The van der Waals surface area contributed by atoms with Crippen molar-refractivity contribution >= 4 is 43.2 Å². The van der Waals surface area contributed by atoms with Gasteiger partial charge in [0.1, 0.15) is 0 Å². The van der Waals surface area contributed by atoms with Gasteiger partial charge in [-0.1, -0.05) is 20.8 Å². The number of carboxylic acids is 3. The van der Waals surface area contributed by atoms with E-state index in [1.807, 2.05) is 20.8 Å². The van der Waals surface area contributed by atoms with Crippen molar-refractivity contribution in [2.24, 2.45) is 0 Å². The van der Waals surface area contributed by atoms with E-state index in [0.717, 1.165) is 19.3 Å². The van der Waals surface area contributed by atoms with Crippen LogP contribution >= 0.6 is 25.3 Å². The molecule has 0 aliphatic rings. The highest BCUT2D eigenvalue weighted by Gasteiger charge is 1.92. The second kappa shape index (κ2) is 26.9. The first-order valence-corrected chi connectivity index (χ1v) is 8.82. The van der Waals surface area contributed by atoms with Crippen LogP contribution < -0.4 is 0 Å². The maximum absolute atomic E-state index is 9.60. The minimum Gasteiger partial charge on any atom is -0.481 e. The number of aliphatic hydroxyl groups is 1. The molecule has 146 valence electrons. The molecule has 0 saturated carbocycles. The fourth-order valence-corrected chi connectivity index (χ4v) is 0.815. The van der Waals surface area contributed by atoms with Crippen LogP contribution in [0.1, 0.15) is 59.3 Å². The van der Waals surface area contributed by atoms with E-state index in [2.05, 4.69) is 25.3 Å². The van der Waals surface area contributed by atoms with Crippen LogP contribution in [0.5, 0.6) is 0 Å². The monoisotopic (exact) mass is 388 g/mol. The Bertz CT molecular complexity index is 258. The number of rotatable bonds is 8. The predicted molar refractivity (Wildman–Crippen MR) is 101 cm³/mol. The summed E-state index contributed by atoms with van der Waals surface area (Å²) in [7, 11) is 0. The summed E-state index contributed by atoms with van der Waals surface area (Å²) in [6.07, 6.45) is 3.07. The molecule has 4 N–H and O–H groups in total. The summed E-state index contributed by atoms with van der Waals surface area (Å²) >= 11 is 7.76. The maximum atomic E-state index is 9.60. The zero-order valence-corrected chi connectivity index (χ0v) is 16.4. The molecule has 24 heavy (non-hydrogen) atoms. The molecule has 0 saturated heterocycles. The van der Waals surface area contributed by atoms with Crippen molar-refractivity contribution in [2.75, 3.05) is 12.4 Å². The molecular weight excluding hydrogens is 356 g/mol. The van der Waals surface area contributed by atoms with Crippen molar-refractivity contribution in [3.63, 3.8) is 0 Å². The molecule has 0 aliphatic heterocycles. The fourth-order valence-electron chi connectivity index (χ4n) is 0.699. The Morgan fingerprint density at radius 3 is 1.04 bits per heavy atom. The zero-order chi connectivity index (χ0) is 20.0. The Morgan fingerprint density at radius 1 is 0.792 bits per heavy atom. The summed E-state index contributed by atoms with van der Waals surface area (Å²) in [5.41, 5.74) is 0. The first-order chi connectivity index (χ1) is 11.1. The van der Waals surface area contributed by atoms with Crippen LogP contribution in [-0.2, 0) is 14.4 Å². The van der Waals surface area contributed by atoms with Crippen molar-refractivity contribution < 1.29 is 34.8 Å². The van der Waals surface area contributed by atoms with Gasteiger partial charge in [0.15, 0.2) is 0 Å². The first-order valence-electron chi connectivity index (χ1n) is 7.67. The highest BCUT2D eigenvalue weighted by Crippen LogP contribution is 1.93. The highest BCUT2D eigenvalue weighted by atomic mass is 32.1. The van der Waals surface area contributed by atoms with E-state index in [0.29, 0.717) is 25.0 Å². The lowest BCUT2D eigenvalue weighted by atomic mass is 10.4. The molecule has 0 aromatic carbocycles. The summed E-state index contributed by atoms with van der Waals surface area (Å²) < 4.78 is 0. The largest absolute Gasteiger partial charge is 0.481 e. The second-order valence-corrected chi connectivity index (χ2v) is 5.55. The average Bonchev–Trinajstić information content (AvgIpc) is 2.47. The number of carbonyl (C=O) groups is 3. The van der Waals surface area contributed by atoms with Crippen LogP contribution in [0.3, 0.4) is 0 Å². The van der Waals surface area contributed by atoms with E-state index in [1.54, 1.807) is 0 Å². The summed E-state index contributed by atoms with van der Waals surface area (Å²) in [5.74, 6) is -1.49. The molecule has 0 spiro atoms. The summed E-state index contributed by atoms with van der Waals surface area (Å²) in [5, 5.41) is 32.0. The van der Waals surface area contributed by atoms with E-state index in [-0.39, 0.29) is 11.9 Å². The Labute approximate surface area is 155 Å². The molecular formula is C15H32O7S2. The summed E-state index contributed by atoms with van der Waals surface area (Å²) in [4.78, 5) is 28.8. The van der Waals surface area contributed by atoms with E-state index < -0.39 is 17.9 Å². The molecule has 9 heteroatoms. The molecule has 1 atom stereocenters. The van der Waals surface area contributed by atoms with Crippen LogP contribution in [-0.4, -0.2) is 55.9 Å². The van der Waals surface area contributed by atoms with Gasteiger partial charge in [0.2, 0.25) is 0 Å². The van der Waals surface area contributed by atoms with Gasteiger partial charge in [0.25, 0.3) is 0 Å². The first kappa shape index (κ1) is 30.9. The molecule has 0 radical (unpaired) electrons. The van der Waals surface area contributed by atoms with Gasteiger partial charge in [-0.25, -0.2) is 0 Å². The lowest BCUT2D eigenvalue weighted by Crippen LogP contribution is -2.04. The molecule has 7 nitrogen and oxygen atoms in total. The molecule has 0 amide bonds. The minimum atomic E-state index is -0.711. The number of carboxylic acid groups (broad SMARTS) is 3. The van der Waals surface area contributed by atoms with E-state index >= 15 is 0 Å². The van der Waals surface area contributed by atoms with Gasteiger partial charge in [0.05, 0.1) is 6.61 Å². The Kier molecular flexibility index (Phi) is 34.7.